The number of nitrogens with zero attached hydrogens (tertiary/aromatic N) is 3. The molecule has 0 radical (unpaired) electrons. The lowest BCUT2D eigenvalue weighted by Crippen LogP contribution is -2.14. The van der Waals surface area contributed by atoms with Crippen molar-refractivity contribution in [3.8, 4) is 0 Å². The fraction of sp³-hybridized carbons (Fsp3) is 0.238. The predicted molar refractivity (Wildman–Crippen MR) is 130 cm³/mol. The van der Waals surface area contributed by atoms with Crippen molar-refractivity contribution in [2.75, 3.05) is 29.0 Å². The normalized spacial score (nSPS) is 9.97. The van der Waals surface area contributed by atoms with Crippen LogP contribution in [-0.2, 0) is 0 Å². The Labute approximate surface area is 191 Å². The lowest BCUT2D eigenvalue weighted by molar-refractivity contribution is 0.103. The zero-order chi connectivity index (χ0) is 22.8. The third-order valence-corrected chi connectivity index (χ3v) is 4.94. The molecule has 3 aromatic rings. The first kappa shape index (κ1) is 24.3. The van der Waals surface area contributed by atoms with Crippen LogP contribution in [0.5, 0.6) is 0 Å². The first-order valence-electron chi connectivity index (χ1n) is 9.54. The molecular formula is C21H26ClN7OS. The van der Waals surface area contributed by atoms with Gasteiger partial charge in [0.25, 0.3) is 5.91 Å². The average Bonchev–Trinajstić information content (AvgIpc) is 3.18. The number of carbonyl (C=O) groups excluding carboxylic acids is 1. The predicted octanol–water partition coefficient (Wildman–Crippen LogP) is 4.76. The van der Waals surface area contributed by atoms with Gasteiger partial charge < -0.3 is 21.7 Å². The van der Waals surface area contributed by atoms with E-state index in [2.05, 4.69) is 37.5 Å². The maximum Gasteiger partial charge on any atom is 0.267 e. The van der Waals surface area contributed by atoms with E-state index in [0.717, 1.165) is 5.56 Å². The van der Waals surface area contributed by atoms with Crippen LogP contribution in [0.4, 0.5) is 22.5 Å². The van der Waals surface area contributed by atoms with Crippen molar-refractivity contribution < 1.29 is 4.79 Å². The summed E-state index contributed by atoms with van der Waals surface area (Å²) in [5.41, 5.74) is 6.99. The molecular weight excluding hydrogens is 434 g/mol. The number of allylic oxidation sites excluding steroid dienone is 1. The van der Waals surface area contributed by atoms with E-state index in [-0.39, 0.29) is 5.91 Å². The average molecular weight is 460 g/mol. The Balaban J connectivity index is 0.00000107. The minimum atomic E-state index is -0.272. The Bertz CT molecular complexity index is 1020. The van der Waals surface area contributed by atoms with Crippen molar-refractivity contribution in [1.82, 2.24) is 15.0 Å². The van der Waals surface area contributed by atoms with E-state index >= 15 is 0 Å². The number of nitrogens with two attached hydrogens (primary N) is 1. The SMILES string of the molecule is C=CC.Cc1nc(NCCN)cc(Nc2ncc(C(=O)Nc3c(C)cccc3Cl)s2)n1. The molecule has 0 atom stereocenters. The van der Waals surface area contributed by atoms with Crippen LogP contribution in [0.25, 0.3) is 0 Å². The molecule has 1 amide bonds. The van der Waals surface area contributed by atoms with Gasteiger partial charge in [0, 0.05) is 19.2 Å². The summed E-state index contributed by atoms with van der Waals surface area (Å²) in [6.45, 7) is 10.0. The number of para-hydroxylation sites is 1. The molecule has 10 heteroatoms. The van der Waals surface area contributed by atoms with Gasteiger partial charge in [-0.15, -0.1) is 6.58 Å². The number of aryl methyl sites for hydroxylation is 2. The van der Waals surface area contributed by atoms with Gasteiger partial charge in [0.05, 0.1) is 16.9 Å². The molecule has 3 rings (SSSR count). The van der Waals surface area contributed by atoms with Crippen molar-refractivity contribution >= 4 is 51.3 Å². The lowest BCUT2D eigenvalue weighted by atomic mass is 10.2. The Morgan fingerprint density at radius 3 is 2.68 bits per heavy atom. The maximum atomic E-state index is 12.5. The second-order valence-electron chi connectivity index (χ2n) is 6.35. The molecule has 0 aliphatic carbocycles. The quantitative estimate of drug-likeness (QED) is 0.376. The lowest BCUT2D eigenvalue weighted by Gasteiger charge is -2.09. The number of carbonyl (C=O) groups is 1. The number of hydrogen-bond donors (Lipinski definition) is 4. The number of thiazole rings is 1. The van der Waals surface area contributed by atoms with Gasteiger partial charge in [-0.25, -0.2) is 15.0 Å². The van der Waals surface area contributed by atoms with Gasteiger partial charge in [-0.05, 0) is 32.4 Å². The first-order chi connectivity index (χ1) is 14.9. The van der Waals surface area contributed by atoms with Crippen molar-refractivity contribution in [2.24, 2.45) is 5.73 Å². The standard InChI is InChI=1S/C18H20ClN7OS.C3H6/c1-10-4-3-5-12(19)16(10)26-17(27)13-9-22-18(28-13)25-15-8-14(21-7-6-20)23-11(2)24-15;1-3-2/h3-5,8-9H,6-7,20H2,1-2H3,(H,26,27)(H2,21,22,23,24,25);3H,1H2,2H3. The second-order valence-corrected chi connectivity index (χ2v) is 7.79. The zero-order valence-corrected chi connectivity index (χ0v) is 19.3. The molecule has 0 bridgehead atoms. The van der Waals surface area contributed by atoms with Gasteiger partial charge in [-0.3, -0.25) is 4.79 Å². The Hall–Kier alpha value is -3.01. The minimum Gasteiger partial charge on any atom is -0.369 e. The largest absolute Gasteiger partial charge is 0.369 e. The third-order valence-electron chi connectivity index (χ3n) is 3.71. The summed E-state index contributed by atoms with van der Waals surface area (Å²) < 4.78 is 0. The first-order valence-corrected chi connectivity index (χ1v) is 10.7. The molecule has 1 aromatic carbocycles. The molecule has 31 heavy (non-hydrogen) atoms. The summed E-state index contributed by atoms with van der Waals surface area (Å²) >= 11 is 7.39. The van der Waals surface area contributed by atoms with E-state index in [0.29, 0.717) is 51.3 Å². The summed E-state index contributed by atoms with van der Waals surface area (Å²) in [7, 11) is 0. The molecule has 5 N–H and O–H groups in total. The number of aromatic nitrogens is 3. The Morgan fingerprint density at radius 2 is 2.00 bits per heavy atom. The van der Waals surface area contributed by atoms with Crippen LogP contribution in [0.15, 0.2) is 43.1 Å². The molecule has 0 spiro atoms. The van der Waals surface area contributed by atoms with Crippen molar-refractivity contribution in [1.29, 1.82) is 0 Å². The molecule has 0 saturated heterocycles. The van der Waals surface area contributed by atoms with E-state index < -0.39 is 0 Å². The Kier molecular flexibility index (Phi) is 9.39. The highest BCUT2D eigenvalue weighted by molar-refractivity contribution is 7.17. The molecule has 8 nitrogen and oxygen atoms in total. The molecule has 2 aromatic heterocycles. The summed E-state index contributed by atoms with van der Waals surface area (Å²) in [6.07, 6.45) is 3.26. The highest BCUT2D eigenvalue weighted by atomic mass is 35.5. The summed E-state index contributed by atoms with van der Waals surface area (Å²) in [5.74, 6) is 1.58. The molecule has 0 aliphatic rings. The van der Waals surface area contributed by atoms with Crippen LogP contribution in [-0.4, -0.2) is 33.9 Å². The Morgan fingerprint density at radius 1 is 1.29 bits per heavy atom. The monoisotopic (exact) mass is 459 g/mol. The van der Waals surface area contributed by atoms with Gasteiger partial charge in [-0.1, -0.05) is 41.1 Å². The van der Waals surface area contributed by atoms with Crippen LogP contribution in [0.2, 0.25) is 5.02 Å². The van der Waals surface area contributed by atoms with E-state index in [4.69, 9.17) is 17.3 Å². The molecule has 0 aliphatic heterocycles. The van der Waals surface area contributed by atoms with Crippen LogP contribution in [0, 0.1) is 13.8 Å². The fourth-order valence-electron chi connectivity index (χ4n) is 2.43. The molecule has 0 unspecified atom stereocenters. The van der Waals surface area contributed by atoms with Crippen LogP contribution >= 0.6 is 22.9 Å². The van der Waals surface area contributed by atoms with E-state index in [1.54, 1.807) is 25.1 Å². The summed E-state index contributed by atoms with van der Waals surface area (Å²) in [5, 5.41) is 10.1. The van der Waals surface area contributed by atoms with E-state index in [1.165, 1.54) is 17.5 Å². The number of anilines is 4. The molecule has 0 fully saturated rings. The van der Waals surface area contributed by atoms with Gasteiger partial charge in [-0.2, -0.15) is 0 Å². The number of rotatable bonds is 7. The summed E-state index contributed by atoms with van der Waals surface area (Å²) in [6, 6.07) is 7.21. The number of nitrogens with one attached hydrogen (secondary N) is 3. The summed E-state index contributed by atoms with van der Waals surface area (Å²) in [4.78, 5) is 25.9. The topological polar surface area (TPSA) is 118 Å². The van der Waals surface area contributed by atoms with Crippen molar-refractivity contribution in [2.45, 2.75) is 20.8 Å². The third kappa shape index (κ3) is 7.32. The van der Waals surface area contributed by atoms with E-state index in [1.807, 2.05) is 26.0 Å². The number of benzene rings is 1. The van der Waals surface area contributed by atoms with Gasteiger partial charge >= 0.3 is 0 Å². The van der Waals surface area contributed by atoms with Crippen molar-refractivity contribution in [3.05, 3.63) is 64.4 Å². The maximum absolute atomic E-state index is 12.5. The van der Waals surface area contributed by atoms with Crippen LogP contribution in [0.3, 0.4) is 0 Å². The van der Waals surface area contributed by atoms with Gasteiger partial charge in [0.2, 0.25) is 0 Å². The fourth-order valence-corrected chi connectivity index (χ4v) is 3.42. The van der Waals surface area contributed by atoms with Gasteiger partial charge in [0.1, 0.15) is 22.3 Å². The zero-order valence-electron chi connectivity index (χ0n) is 17.7. The van der Waals surface area contributed by atoms with E-state index in [9.17, 15) is 4.79 Å². The highest BCUT2D eigenvalue weighted by Gasteiger charge is 2.14. The second kappa shape index (κ2) is 12.0. The van der Waals surface area contributed by atoms with Crippen molar-refractivity contribution in [3.63, 3.8) is 0 Å². The van der Waals surface area contributed by atoms with Crippen LogP contribution < -0.4 is 21.7 Å². The molecule has 164 valence electrons. The smallest absolute Gasteiger partial charge is 0.267 e. The molecule has 0 saturated carbocycles. The van der Waals surface area contributed by atoms with Crippen LogP contribution in [0.1, 0.15) is 28.0 Å². The minimum absolute atomic E-state index is 0.272. The number of amides is 1. The number of hydrogen-bond acceptors (Lipinski definition) is 8. The number of halogens is 1. The molecule has 2 heterocycles. The van der Waals surface area contributed by atoms with Gasteiger partial charge in [0.15, 0.2) is 5.13 Å². The highest BCUT2D eigenvalue weighted by Crippen LogP contribution is 2.28.